The quantitative estimate of drug-likeness (QED) is 0.785. The molecule has 108 valence electrons. The van der Waals surface area contributed by atoms with Crippen LogP contribution in [-0.2, 0) is 0 Å². The van der Waals surface area contributed by atoms with Gasteiger partial charge in [-0.25, -0.2) is 4.39 Å². The molecule has 5 heteroatoms. The molecule has 21 heavy (non-hydrogen) atoms. The van der Waals surface area contributed by atoms with Crippen molar-refractivity contribution < 1.29 is 13.5 Å². The van der Waals surface area contributed by atoms with E-state index in [9.17, 15) is 4.39 Å². The van der Waals surface area contributed by atoms with Gasteiger partial charge in [-0.1, -0.05) is 29.8 Å². The van der Waals surface area contributed by atoms with Gasteiger partial charge in [0.05, 0.1) is 13.2 Å². The maximum atomic E-state index is 13.7. The highest BCUT2D eigenvalue weighted by atomic mass is 35.5. The number of rotatable bonds is 3. The minimum Gasteiger partial charge on any atom is -0.496 e. The first-order valence-electron chi connectivity index (χ1n) is 6.37. The van der Waals surface area contributed by atoms with Crippen molar-refractivity contribution in [3.05, 3.63) is 64.6 Å². The van der Waals surface area contributed by atoms with Crippen LogP contribution in [0.25, 0.3) is 11.0 Å². The normalized spacial score (nSPS) is 12.6. The van der Waals surface area contributed by atoms with Crippen LogP contribution in [0.1, 0.15) is 17.4 Å². The molecule has 0 aliphatic carbocycles. The Hall–Kier alpha value is -2.04. The molecule has 0 fully saturated rings. The number of halogens is 2. The van der Waals surface area contributed by atoms with E-state index in [-0.39, 0.29) is 5.58 Å². The molecule has 0 saturated carbocycles. The van der Waals surface area contributed by atoms with Gasteiger partial charge in [-0.2, -0.15) is 0 Å². The number of nitrogens with two attached hydrogens (primary N) is 1. The number of ether oxygens (including phenoxy) is 1. The molecular formula is C16H13ClFNO2. The van der Waals surface area contributed by atoms with Gasteiger partial charge in [0.1, 0.15) is 11.5 Å². The molecule has 1 heterocycles. The molecule has 3 nitrogen and oxygen atoms in total. The Kier molecular flexibility index (Phi) is 3.57. The summed E-state index contributed by atoms with van der Waals surface area (Å²) >= 11 is 5.94. The lowest BCUT2D eigenvalue weighted by molar-refractivity contribution is 0.404. The summed E-state index contributed by atoms with van der Waals surface area (Å²) in [5.41, 5.74) is 7.15. The summed E-state index contributed by atoms with van der Waals surface area (Å²) in [4.78, 5) is 0. The third kappa shape index (κ3) is 2.48. The highest BCUT2D eigenvalue weighted by Gasteiger charge is 2.19. The molecule has 0 spiro atoms. The smallest absolute Gasteiger partial charge is 0.169 e. The zero-order valence-corrected chi connectivity index (χ0v) is 12.0. The molecule has 2 aromatic carbocycles. The average molecular weight is 306 g/mol. The number of methoxy groups -OCH3 is 1. The lowest BCUT2D eigenvalue weighted by atomic mass is 10.0. The van der Waals surface area contributed by atoms with Crippen molar-refractivity contribution in [3.63, 3.8) is 0 Å². The second kappa shape index (κ2) is 5.39. The van der Waals surface area contributed by atoms with Crippen LogP contribution in [0.2, 0.25) is 5.02 Å². The Morgan fingerprint density at radius 3 is 2.76 bits per heavy atom. The largest absolute Gasteiger partial charge is 0.496 e. The van der Waals surface area contributed by atoms with E-state index in [1.165, 1.54) is 6.07 Å². The standard InChI is InChI=1S/C16H13ClFNO2/c1-20-13-8-10(17)5-6-11(13)15(19)14-7-9-3-2-4-12(18)16(9)21-14/h2-8,15H,19H2,1H3. The molecule has 0 amide bonds. The van der Waals surface area contributed by atoms with E-state index in [1.54, 1.807) is 43.5 Å². The number of furan rings is 1. The van der Waals surface area contributed by atoms with Crippen molar-refractivity contribution in [2.24, 2.45) is 5.73 Å². The van der Waals surface area contributed by atoms with Crippen LogP contribution in [0.15, 0.2) is 46.9 Å². The van der Waals surface area contributed by atoms with E-state index in [0.717, 1.165) is 5.56 Å². The first-order valence-corrected chi connectivity index (χ1v) is 6.75. The monoisotopic (exact) mass is 305 g/mol. The fourth-order valence-electron chi connectivity index (χ4n) is 2.30. The molecule has 0 radical (unpaired) electrons. The van der Waals surface area contributed by atoms with Gasteiger partial charge in [0.2, 0.25) is 0 Å². The van der Waals surface area contributed by atoms with Gasteiger partial charge in [-0.05, 0) is 24.3 Å². The number of benzene rings is 2. The van der Waals surface area contributed by atoms with E-state index in [1.807, 2.05) is 0 Å². The molecule has 0 aliphatic rings. The van der Waals surface area contributed by atoms with E-state index >= 15 is 0 Å². The van der Waals surface area contributed by atoms with Crippen LogP contribution in [0, 0.1) is 5.82 Å². The predicted octanol–water partition coefficient (Wildman–Crippen LogP) is 4.28. The highest BCUT2D eigenvalue weighted by molar-refractivity contribution is 6.30. The lowest BCUT2D eigenvalue weighted by Crippen LogP contribution is -2.12. The fourth-order valence-corrected chi connectivity index (χ4v) is 2.46. The second-order valence-electron chi connectivity index (χ2n) is 4.67. The number of para-hydroxylation sites is 1. The van der Waals surface area contributed by atoms with Crippen LogP contribution in [-0.4, -0.2) is 7.11 Å². The van der Waals surface area contributed by atoms with Gasteiger partial charge in [0, 0.05) is 16.0 Å². The van der Waals surface area contributed by atoms with Gasteiger partial charge >= 0.3 is 0 Å². The van der Waals surface area contributed by atoms with Crippen molar-refractivity contribution in [1.82, 2.24) is 0 Å². The molecule has 1 unspecified atom stereocenters. The predicted molar refractivity (Wildman–Crippen MR) is 80.2 cm³/mol. The van der Waals surface area contributed by atoms with E-state index in [0.29, 0.717) is 21.9 Å². The summed E-state index contributed by atoms with van der Waals surface area (Å²) in [5.74, 6) is 0.626. The van der Waals surface area contributed by atoms with Crippen molar-refractivity contribution >= 4 is 22.6 Å². The Bertz CT molecular complexity index is 800. The van der Waals surface area contributed by atoms with Crippen LogP contribution in [0.5, 0.6) is 5.75 Å². The molecule has 2 N–H and O–H groups in total. The Morgan fingerprint density at radius 1 is 1.24 bits per heavy atom. The topological polar surface area (TPSA) is 48.4 Å². The minimum absolute atomic E-state index is 0.205. The molecule has 0 bridgehead atoms. The van der Waals surface area contributed by atoms with Crippen LogP contribution >= 0.6 is 11.6 Å². The minimum atomic E-state index is -0.566. The third-order valence-electron chi connectivity index (χ3n) is 3.35. The Morgan fingerprint density at radius 2 is 2.05 bits per heavy atom. The molecule has 1 atom stereocenters. The van der Waals surface area contributed by atoms with Gasteiger partial charge < -0.3 is 14.9 Å². The van der Waals surface area contributed by atoms with Crippen LogP contribution in [0.4, 0.5) is 4.39 Å². The summed E-state index contributed by atoms with van der Waals surface area (Å²) < 4.78 is 24.5. The maximum Gasteiger partial charge on any atom is 0.169 e. The van der Waals surface area contributed by atoms with Gasteiger partial charge in [-0.3, -0.25) is 0 Å². The summed E-state index contributed by atoms with van der Waals surface area (Å²) in [6.45, 7) is 0. The zero-order chi connectivity index (χ0) is 15.0. The average Bonchev–Trinajstić information content (AvgIpc) is 2.92. The lowest BCUT2D eigenvalue weighted by Gasteiger charge is -2.13. The zero-order valence-electron chi connectivity index (χ0n) is 11.3. The maximum absolute atomic E-state index is 13.7. The van der Waals surface area contributed by atoms with Crippen molar-refractivity contribution in [2.75, 3.05) is 7.11 Å². The molecular weight excluding hydrogens is 293 g/mol. The third-order valence-corrected chi connectivity index (χ3v) is 3.59. The molecule has 0 aliphatic heterocycles. The Balaban J connectivity index is 2.08. The summed E-state index contributed by atoms with van der Waals surface area (Å²) in [6, 6.07) is 11.1. The van der Waals surface area contributed by atoms with E-state index in [4.69, 9.17) is 26.5 Å². The SMILES string of the molecule is COc1cc(Cl)ccc1C(N)c1cc2cccc(F)c2o1. The summed E-state index contributed by atoms with van der Waals surface area (Å²) in [6.07, 6.45) is 0. The number of hydrogen-bond acceptors (Lipinski definition) is 3. The summed E-state index contributed by atoms with van der Waals surface area (Å²) in [7, 11) is 1.54. The van der Waals surface area contributed by atoms with Crippen LogP contribution < -0.4 is 10.5 Å². The molecule has 3 rings (SSSR count). The summed E-state index contributed by atoms with van der Waals surface area (Å²) in [5, 5.41) is 1.23. The number of fused-ring (bicyclic) bond motifs is 1. The molecule has 3 aromatic rings. The van der Waals surface area contributed by atoms with Crippen molar-refractivity contribution in [3.8, 4) is 5.75 Å². The van der Waals surface area contributed by atoms with Crippen LogP contribution in [0.3, 0.4) is 0 Å². The van der Waals surface area contributed by atoms with Crippen molar-refractivity contribution in [1.29, 1.82) is 0 Å². The van der Waals surface area contributed by atoms with Gasteiger partial charge in [0.15, 0.2) is 11.4 Å². The van der Waals surface area contributed by atoms with Gasteiger partial charge in [-0.15, -0.1) is 0 Å². The first kappa shape index (κ1) is 13.9. The first-order chi connectivity index (χ1) is 10.1. The van der Waals surface area contributed by atoms with Crippen molar-refractivity contribution in [2.45, 2.75) is 6.04 Å². The molecule has 0 saturated heterocycles. The van der Waals surface area contributed by atoms with E-state index in [2.05, 4.69) is 0 Å². The van der Waals surface area contributed by atoms with E-state index < -0.39 is 11.9 Å². The second-order valence-corrected chi connectivity index (χ2v) is 5.11. The number of hydrogen-bond donors (Lipinski definition) is 1. The Labute approximate surface area is 126 Å². The molecule has 1 aromatic heterocycles. The van der Waals surface area contributed by atoms with Gasteiger partial charge in [0.25, 0.3) is 0 Å². The fraction of sp³-hybridized carbons (Fsp3) is 0.125. The highest BCUT2D eigenvalue weighted by Crippen LogP contribution is 2.33.